The number of carboxylic acid groups (broad SMARTS) is 1. The summed E-state index contributed by atoms with van der Waals surface area (Å²) in [6.45, 7) is -1.31. The Morgan fingerprint density at radius 2 is 0.990 bits per heavy atom. The molecule has 0 spiro atoms. The van der Waals surface area contributed by atoms with Crippen molar-refractivity contribution < 1.29 is 87.5 Å². The number of carbonyl (C=O) groups excluding carboxylic acids is 13. The molecule has 2 heterocycles. The van der Waals surface area contributed by atoms with E-state index >= 15 is 0 Å². The van der Waals surface area contributed by atoms with Gasteiger partial charge in [0.2, 0.25) is 76.8 Å². The first-order valence-electron chi connectivity index (χ1n) is 32.3. The molecule has 33 N–H and O–H groups in total. The van der Waals surface area contributed by atoms with E-state index < -0.39 is 188 Å². The Morgan fingerprint density at radius 1 is 0.520 bits per heavy atom. The van der Waals surface area contributed by atoms with Gasteiger partial charge in [0.05, 0.1) is 45.2 Å². The van der Waals surface area contributed by atoms with Crippen LogP contribution < -0.4 is 104 Å². The second-order valence-electron chi connectivity index (χ2n) is 23.7. The van der Waals surface area contributed by atoms with E-state index in [9.17, 15) is 87.5 Å². The number of carboxylic acids is 1. The molecule has 0 saturated carbocycles. The molecule has 1 aromatic carbocycles. The fourth-order valence-corrected chi connectivity index (χ4v) is 9.77. The van der Waals surface area contributed by atoms with Crippen LogP contribution >= 0.6 is 0 Å². The fourth-order valence-electron chi connectivity index (χ4n) is 9.77. The number of aliphatic hydroxyl groups is 3. The number of aliphatic imine (C=N–C) groups is 2. The largest absolute Gasteiger partial charge is 0.481 e. The van der Waals surface area contributed by atoms with Crippen LogP contribution in [-0.2, 0) is 80.0 Å². The number of nitrogens with zero attached hydrogens (tertiary/aromatic N) is 3. The van der Waals surface area contributed by atoms with Gasteiger partial charge in [-0.05, 0) is 75.5 Å². The Morgan fingerprint density at radius 3 is 1.49 bits per heavy atom. The first-order chi connectivity index (χ1) is 48.3. The molecular formula is C60H96N24O18. The van der Waals surface area contributed by atoms with Crippen LogP contribution in [0.3, 0.4) is 0 Å². The second-order valence-corrected chi connectivity index (χ2v) is 23.7. The standard InChI is InChI=1S/C60H96N24O18/c1-29(2)47(58(102)77-37(13-8-18-71-60(67)68)52(96)76-36(12-7-17-70-59(65)66)53(97)78-38(48(64)92)19-30-22-72-34-10-4-3-9-32(30)34)84-55(99)40(21-46(90)91)80-56(100)42(26-86)82-51(95)35(11-5-6-16-61)75-45(89)24-73-50(94)41(25-85)81-57(101)43(27-87)83-54(98)39(20-31-23-69-28-74-31)79-49(93)33(62)14-15-44(63)88/h3-4,9-10,22-23,28-29,33,35-43,47,72,85-87H,5-8,11-21,24-27,61-62H2,1-2H3,(H2,63,88)(H2,64,92)(H,69,74)(H,73,94)(H,75,89)(H,76,96)(H,77,102)(H,78,97)(H,79,93)(H,80,100)(H,81,101)(H,82,95)(H,83,98)(H,84,99)(H,90,91)(H4,65,66,70)(H4,67,68,71)/t33-,35-,36-,37-,38-,39-,40-,41-,42-,43-,47-/m0/s1. The smallest absolute Gasteiger partial charge is 0.305 e. The maximum Gasteiger partial charge on any atom is 0.305 e. The predicted molar refractivity (Wildman–Crippen MR) is 363 cm³/mol. The minimum atomic E-state index is -2.03. The van der Waals surface area contributed by atoms with Crippen molar-refractivity contribution in [3.05, 3.63) is 54.2 Å². The zero-order valence-corrected chi connectivity index (χ0v) is 56.4. The zero-order valence-electron chi connectivity index (χ0n) is 56.4. The number of guanidine groups is 2. The zero-order chi connectivity index (χ0) is 76.2. The molecule has 564 valence electrons. The summed E-state index contributed by atoms with van der Waals surface area (Å²) in [6.07, 6.45) is 2.51. The van der Waals surface area contributed by atoms with Gasteiger partial charge in [-0.3, -0.25) is 77.1 Å². The maximum atomic E-state index is 14.3. The summed E-state index contributed by atoms with van der Waals surface area (Å²) in [5.74, 6) is -16.7. The van der Waals surface area contributed by atoms with Gasteiger partial charge in [0.1, 0.15) is 60.4 Å². The lowest BCUT2D eigenvalue weighted by Gasteiger charge is -2.28. The Hall–Kier alpha value is -11.1. The summed E-state index contributed by atoms with van der Waals surface area (Å²) < 4.78 is 0. The Bertz CT molecular complexity index is 3400. The number of nitrogens with one attached hydrogen (secondary N) is 13. The number of imidazole rings is 1. The monoisotopic (exact) mass is 1440 g/mol. The summed E-state index contributed by atoms with van der Waals surface area (Å²) in [5.41, 5.74) is 46.2. The van der Waals surface area contributed by atoms with Crippen molar-refractivity contribution >= 4 is 106 Å². The molecule has 11 atom stereocenters. The number of hydrogen-bond acceptors (Lipinski definition) is 22. The third kappa shape index (κ3) is 30.2. The van der Waals surface area contributed by atoms with Crippen LogP contribution in [0.4, 0.5) is 0 Å². The molecule has 42 heteroatoms. The quantitative estimate of drug-likeness (QED) is 0.0142. The molecule has 0 aliphatic rings. The van der Waals surface area contributed by atoms with Crippen LogP contribution in [-0.4, -0.2) is 243 Å². The molecule has 102 heavy (non-hydrogen) atoms. The molecule has 0 saturated heterocycles. The lowest BCUT2D eigenvalue weighted by Crippen LogP contribution is -2.61. The summed E-state index contributed by atoms with van der Waals surface area (Å²) in [7, 11) is 0. The summed E-state index contributed by atoms with van der Waals surface area (Å²) in [5, 5.41) is 66.9. The number of unbranched alkanes of at least 4 members (excludes halogenated alkanes) is 1. The summed E-state index contributed by atoms with van der Waals surface area (Å²) >= 11 is 0. The van der Waals surface area contributed by atoms with Crippen molar-refractivity contribution in [1.82, 2.24) is 73.4 Å². The predicted octanol–water partition coefficient (Wildman–Crippen LogP) is -10.9. The normalized spacial score (nSPS) is 14.3. The molecule has 0 radical (unpaired) electrons. The number of fused-ring (bicyclic) bond motifs is 1. The first kappa shape index (κ1) is 85.1. The molecule has 13 amide bonds. The highest BCUT2D eigenvalue weighted by molar-refractivity contribution is 6.00. The molecule has 3 aromatic rings. The van der Waals surface area contributed by atoms with Gasteiger partial charge in [0, 0.05) is 61.3 Å². The van der Waals surface area contributed by atoms with E-state index in [2.05, 4.69) is 83.4 Å². The average molecular weight is 1440 g/mol. The molecule has 0 aliphatic carbocycles. The molecule has 0 aliphatic heterocycles. The number of aliphatic hydroxyl groups excluding tert-OH is 3. The summed E-state index contributed by atoms with van der Waals surface area (Å²) in [4.78, 5) is 204. The number of primary amides is 2. The molecule has 0 fully saturated rings. The molecule has 0 unspecified atom stereocenters. The van der Waals surface area contributed by atoms with Crippen molar-refractivity contribution in [3.8, 4) is 0 Å². The molecular weight excluding hydrogens is 1340 g/mol. The number of H-pyrrole nitrogens is 2. The number of para-hydroxylation sites is 1. The van der Waals surface area contributed by atoms with E-state index in [-0.39, 0.29) is 95.8 Å². The third-order valence-electron chi connectivity index (χ3n) is 15.3. The number of rotatable bonds is 48. The molecule has 42 nitrogen and oxygen atoms in total. The van der Waals surface area contributed by atoms with E-state index in [0.717, 1.165) is 10.9 Å². The molecule has 3 rings (SSSR count). The number of aliphatic carboxylic acids is 1. The van der Waals surface area contributed by atoms with Crippen LogP contribution in [0.1, 0.15) is 89.3 Å². The van der Waals surface area contributed by atoms with Crippen molar-refractivity contribution in [1.29, 1.82) is 0 Å². The maximum absolute atomic E-state index is 14.3. The highest BCUT2D eigenvalue weighted by Gasteiger charge is 2.37. The number of hydrogen-bond donors (Lipinski definition) is 25. The second kappa shape index (κ2) is 44.1. The van der Waals surface area contributed by atoms with Gasteiger partial charge < -0.3 is 135 Å². The molecule has 2 aromatic heterocycles. The lowest BCUT2D eigenvalue weighted by atomic mass is 10.0. The number of aromatic nitrogens is 3. The van der Waals surface area contributed by atoms with Crippen LogP contribution in [0.2, 0.25) is 0 Å². The van der Waals surface area contributed by atoms with Crippen molar-refractivity contribution in [2.45, 2.75) is 157 Å². The van der Waals surface area contributed by atoms with Crippen LogP contribution in [0, 0.1) is 5.92 Å². The minimum Gasteiger partial charge on any atom is -0.481 e. The van der Waals surface area contributed by atoms with Crippen molar-refractivity contribution in [2.75, 3.05) is 46.0 Å². The average Bonchev–Trinajstić information content (AvgIpc) is 1.64. The van der Waals surface area contributed by atoms with Gasteiger partial charge in [-0.15, -0.1) is 0 Å². The number of aromatic amines is 2. The van der Waals surface area contributed by atoms with E-state index in [1.165, 1.54) is 26.4 Å². The molecule has 0 bridgehead atoms. The lowest BCUT2D eigenvalue weighted by molar-refractivity contribution is -0.142. The minimum absolute atomic E-state index is 0.00108. The van der Waals surface area contributed by atoms with E-state index in [0.29, 0.717) is 17.7 Å². The third-order valence-corrected chi connectivity index (χ3v) is 15.3. The van der Waals surface area contributed by atoms with E-state index in [1.54, 1.807) is 30.5 Å². The van der Waals surface area contributed by atoms with Gasteiger partial charge in [0.15, 0.2) is 11.9 Å². The van der Waals surface area contributed by atoms with E-state index in [1.807, 2.05) is 0 Å². The topological polar surface area (TPSA) is 730 Å². The number of carbonyl (C=O) groups is 14. The van der Waals surface area contributed by atoms with Crippen molar-refractivity contribution in [3.63, 3.8) is 0 Å². The SMILES string of the molecule is CC(C)[C@H](NC(=O)[C@H](CC(=O)O)NC(=O)[C@H](CO)NC(=O)[C@H](CCCCN)NC(=O)CNC(=O)[C@H](CO)NC(=O)[C@H](CO)NC(=O)[C@H](Cc1cnc[nH]1)NC(=O)[C@@H](N)CCC(N)=O)C(=O)N[C@@H](CCCN=C(N)N)C(=O)N[C@@H](CCCN=C(N)N)C(=O)N[C@@H](Cc1c[nH]c2ccccc12)C(N)=O. The Kier molecular flexibility index (Phi) is 36.8. The van der Waals surface area contributed by atoms with Gasteiger partial charge >= 0.3 is 5.97 Å². The van der Waals surface area contributed by atoms with Gasteiger partial charge in [-0.1, -0.05) is 32.0 Å². The number of nitrogens with two attached hydrogens (primary N) is 8. The number of benzene rings is 1. The fraction of sp³-hybridized carbons (Fsp3) is 0.550. The number of amides is 13. The van der Waals surface area contributed by atoms with Crippen LogP contribution in [0.15, 0.2) is 53.0 Å². The van der Waals surface area contributed by atoms with Gasteiger partial charge in [-0.25, -0.2) is 4.98 Å². The Balaban J connectivity index is 1.76. The summed E-state index contributed by atoms with van der Waals surface area (Å²) in [6, 6.07) is -10.6. The van der Waals surface area contributed by atoms with Gasteiger partial charge in [-0.2, -0.15) is 0 Å². The van der Waals surface area contributed by atoms with Crippen LogP contribution in [0.5, 0.6) is 0 Å². The van der Waals surface area contributed by atoms with Gasteiger partial charge in [0.25, 0.3) is 0 Å². The van der Waals surface area contributed by atoms with Crippen molar-refractivity contribution in [2.24, 2.45) is 61.8 Å². The Labute approximate surface area is 584 Å². The highest BCUT2D eigenvalue weighted by atomic mass is 16.4. The first-order valence-corrected chi connectivity index (χ1v) is 32.3. The van der Waals surface area contributed by atoms with E-state index in [4.69, 9.17) is 45.9 Å². The highest BCUT2D eigenvalue weighted by Crippen LogP contribution is 2.20. The van der Waals surface area contributed by atoms with Crippen LogP contribution in [0.25, 0.3) is 10.9 Å².